The van der Waals surface area contributed by atoms with E-state index in [4.69, 9.17) is 4.74 Å². The second-order valence-corrected chi connectivity index (χ2v) is 5.44. The molecule has 1 heterocycles. The van der Waals surface area contributed by atoms with Gasteiger partial charge < -0.3 is 15.0 Å². The highest BCUT2D eigenvalue weighted by molar-refractivity contribution is 5.94. The molecular formula is C18H15F3N2O2. The van der Waals surface area contributed by atoms with Crippen molar-refractivity contribution >= 4 is 22.5 Å². The van der Waals surface area contributed by atoms with E-state index in [0.717, 1.165) is 6.07 Å². The normalized spacial score (nSPS) is 11.5. The molecule has 0 aliphatic rings. The zero-order chi connectivity index (χ0) is 17.9. The molecule has 0 saturated carbocycles. The van der Waals surface area contributed by atoms with Crippen molar-refractivity contribution in [3.05, 3.63) is 60.3 Å². The molecule has 7 heteroatoms. The average Bonchev–Trinajstić information content (AvgIpc) is 2.99. The number of carbonyl (C=O) groups excluding carboxylic acids is 1. The summed E-state index contributed by atoms with van der Waals surface area (Å²) in [5.74, 6) is 0.394. The van der Waals surface area contributed by atoms with Crippen LogP contribution in [0.5, 0.6) is 5.75 Å². The molecule has 0 aliphatic heterocycles. The Hall–Kier alpha value is -2.96. The summed E-state index contributed by atoms with van der Waals surface area (Å²) < 4.78 is 43.5. The van der Waals surface area contributed by atoms with E-state index in [1.54, 1.807) is 18.2 Å². The van der Waals surface area contributed by atoms with E-state index in [9.17, 15) is 18.0 Å². The maximum Gasteiger partial charge on any atom is 0.431 e. The van der Waals surface area contributed by atoms with Gasteiger partial charge in [0.2, 0.25) is 5.91 Å². The van der Waals surface area contributed by atoms with Crippen LogP contribution in [0.15, 0.2) is 54.6 Å². The molecule has 0 radical (unpaired) electrons. The van der Waals surface area contributed by atoms with Gasteiger partial charge in [0.15, 0.2) is 0 Å². The van der Waals surface area contributed by atoms with Crippen LogP contribution in [0.2, 0.25) is 0 Å². The molecule has 1 amide bonds. The van der Waals surface area contributed by atoms with Crippen LogP contribution in [0.1, 0.15) is 12.1 Å². The molecule has 4 nitrogen and oxygen atoms in total. The predicted molar refractivity (Wildman–Crippen MR) is 88.5 cm³/mol. The molecule has 0 spiro atoms. The van der Waals surface area contributed by atoms with Crippen LogP contribution in [0.25, 0.3) is 10.9 Å². The zero-order valence-electron chi connectivity index (χ0n) is 13.1. The van der Waals surface area contributed by atoms with Gasteiger partial charge in [0.1, 0.15) is 11.4 Å². The monoisotopic (exact) mass is 348 g/mol. The van der Waals surface area contributed by atoms with E-state index < -0.39 is 11.9 Å². The van der Waals surface area contributed by atoms with Crippen molar-refractivity contribution in [1.82, 2.24) is 4.98 Å². The van der Waals surface area contributed by atoms with Gasteiger partial charge in [-0.15, -0.1) is 0 Å². The molecule has 2 N–H and O–H groups in total. The average molecular weight is 348 g/mol. The highest BCUT2D eigenvalue weighted by Gasteiger charge is 2.32. The van der Waals surface area contributed by atoms with Crippen molar-refractivity contribution in [2.45, 2.75) is 12.6 Å². The summed E-state index contributed by atoms with van der Waals surface area (Å²) in [6.07, 6.45) is -4.30. The molecule has 0 fully saturated rings. The number of alkyl halides is 3. The van der Waals surface area contributed by atoms with Crippen molar-refractivity contribution in [2.75, 3.05) is 11.9 Å². The summed E-state index contributed by atoms with van der Waals surface area (Å²) in [5.41, 5.74) is -0.0232. The van der Waals surface area contributed by atoms with E-state index in [1.165, 1.54) is 12.1 Å². The fourth-order valence-corrected chi connectivity index (χ4v) is 2.36. The largest absolute Gasteiger partial charge is 0.493 e. The first kappa shape index (κ1) is 16.9. The van der Waals surface area contributed by atoms with Crippen molar-refractivity contribution in [1.29, 1.82) is 0 Å². The minimum atomic E-state index is -4.43. The maximum atomic E-state index is 12.7. The topological polar surface area (TPSA) is 54.1 Å². The number of rotatable bonds is 5. The SMILES string of the molecule is O=C(CCOc1ccccc1)Nc1ccc2[nH]c(C(F)(F)F)cc2c1. The molecule has 0 atom stereocenters. The van der Waals surface area contributed by atoms with E-state index in [0.29, 0.717) is 22.3 Å². The molecule has 0 bridgehead atoms. The molecule has 130 valence electrons. The van der Waals surface area contributed by atoms with Crippen molar-refractivity contribution in [3.8, 4) is 5.75 Å². The molecule has 3 aromatic rings. The number of aromatic amines is 1. The lowest BCUT2D eigenvalue weighted by atomic mass is 10.2. The Morgan fingerprint density at radius 2 is 1.84 bits per heavy atom. The van der Waals surface area contributed by atoms with Gasteiger partial charge in [0.25, 0.3) is 0 Å². The molecular weight excluding hydrogens is 333 g/mol. The number of H-pyrrole nitrogens is 1. The number of benzene rings is 2. The number of amides is 1. The standard InChI is InChI=1S/C18H15F3N2O2/c19-18(20,21)16-11-12-10-13(6-7-15(12)23-16)22-17(24)8-9-25-14-4-2-1-3-5-14/h1-7,10-11,23H,8-9H2,(H,22,24). The van der Waals surface area contributed by atoms with Crippen molar-refractivity contribution in [3.63, 3.8) is 0 Å². The Labute approximate surface area is 141 Å². The van der Waals surface area contributed by atoms with Gasteiger partial charge in [0, 0.05) is 16.6 Å². The van der Waals surface area contributed by atoms with Gasteiger partial charge in [-0.3, -0.25) is 4.79 Å². The summed E-state index contributed by atoms with van der Waals surface area (Å²) in [6.45, 7) is 0.209. The summed E-state index contributed by atoms with van der Waals surface area (Å²) in [6, 6.07) is 14.7. The molecule has 0 saturated heterocycles. The highest BCUT2D eigenvalue weighted by Crippen LogP contribution is 2.31. The third-order valence-electron chi connectivity index (χ3n) is 3.55. The third kappa shape index (κ3) is 4.32. The Kier molecular flexibility index (Phi) is 4.65. The van der Waals surface area contributed by atoms with Gasteiger partial charge in [-0.25, -0.2) is 0 Å². The van der Waals surface area contributed by atoms with Crippen LogP contribution in [-0.2, 0) is 11.0 Å². The Bertz CT molecular complexity index is 873. The number of halogens is 3. The van der Waals surface area contributed by atoms with Crippen molar-refractivity contribution < 1.29 is 22.7 Å². The molecule has 1 aromatic heterocycles. The van der Waals surface area contributed by atoms with Crippen LogP contribution in [0.4, 0.5) is 18.9 Å². The number of ether oxygens (including phenoxy) is 1. The Morgan fingerprint density at radius 3 is 2.56 bits per heavy atom. The summed E-state index contributed by atoms with van der Waals surface area (Å²) in [4.78, 5) is 14.2. The second kappa shape index (κ2) is 6.88. The lowest BCUT2D eigenvalue weighted by molar-refractivity contribution is -0.140. The number of carbonyl (C=O) groups is 1. The summed E-state index contributed by atoms with van der Waals surface area (Å²) in [7, 11) is 0. The zero-order valence-corrected chi connectivity index (χ0v) is 13.1. The van der Waals surface area contributed by atoms with E-state index in [1.807, 2.05) is 18.2 Å². The minimum absolute atomic E-state index is 0.133. The number of anilines is 1. The summed E-state index contributed by atoms with van der Waals surface area (Å²) >= 11 is 0. The van der Waals surface area contributed by atoms with E-state index in [-0.39, 0.29) is 18.9 Å². The van der Waals surface area contributed by atoms with Gasteiger partial charge in [-0.2, -0.15) is 13.2 Å². The van der Waals surface area contributed by atoms with E-state index in [2.05, 4.69) is 10.3 Å². The maximum absolute atomic E-state index is 12.7. The number of para-hydroxylation sites is 1. The first-order valence-corrected chi connectivity index (χ1v) is 7.59. The number of fused-ring (bicyclic) bond motifs is 1. The van der Waals surface area contributed by atoms with E-state index >= 15 is 0 Å². The lowest BCUT2D eigenvalue weighted by Gasteiger charge is -2.07. The molecule has 25 heavy (non-hydrogen) atoms. The number of nitrogens with one attached hydrogen (secondary N) is 2. The molecule has 2 aromatic carbocycles. The molecule has 3 rings (SSSR count). The quantitative estimate of drug-likeness (QED) is 0.708. The number of hydrogen-bond acceptors (Lipinski definition) is 2. The fourth-order valence-electron chi connectivity index (χ4n) is 2.36. The van der Waals surface area contributed by atoms with Crippen LogP contribution >= 0.6 is 0 Å². The second-order valence-electron chi connectivity index (χ2n) is 5.44. The van der Waals surface area contributed by atoms with Crippen LogP contribution in [0.3, 0.4) is 0 Å². The number of hydrogen-bond donors (Lipinski definition) is 2. The van der Waals surface area contributed by atoms with Crippen LogP contribution < -0.4 is 10.1 Å². The van der Waals surface area contributed by atoms with Crippen molar-refractivity contribution in [2.24, 2.45) is 0 Å². The first-order valence-electron chi connectivity index (χ1n) is 7.59. The van der Waals surface area contributed by atoms with Gasteiger partial charge in [-0.05, 0) is 36.4 Å². The lowest BCUT2D eigenvalue weighted by Crippen LogP contribution is -2.15. The fraction of sp³-hybridized carbons (Fsp3) is 0.167. The van der Waals surface area contributed by atoms with Gasteiger partial charge in [0.05, 0.1) is 13.0 Å². The van der Waals surface area contributed by atoms with Gasteiger partial charge >= 0.3 is 6.18 Å². The third-order valence-corrected chi connectivity index (χ3v) is 3.55. The first-order chi connectivity index (χ1) is 11.9. The number of aromatic nitrogens is 1. The van der Waals surface area contributed by atoms with Crippen LogP contribution in [0, 0.1) is 0 Å². The smallest absolute Gasteiger partial charge is 0.431 e. The Balaban J connectivity index is 1.59. The highest BCUT2D eigenvalue weighted by atomic mass is 19.4. The molecule has 0 aliphatic carbocycles. The summed E-state index contributed by atoms with van der Waals surface area (Å²) in [5, 5.41) is 3.03. The van der Waals surface area contributed by atoms with Gasteiger partial charge in [-0.1, -0.05) is 18.2 Å². The molecule has 0 unspecified atom stereocenters. The Morgan fingerprint density at radius 1 is 1.08 bits per heavy atom. The predicted octanol–water partition coefficient (Wildman–Crippen LogP) is 4.59. The minimum Gasteiger partial charge on any atom is -0.493 e. The van der Waals surface area contributed by atoms with Crippen LogP contribution in [-0.4, -0.2) is 17.5 Å².